The standard InChI is InChI=1S/C13H11BO2/c15-14(16)11-5-6-13-10(8-11)7-9-3-1-2-4-12(9)13/h1-6,8,15-16H,7H2. The maximum absolute atomic E-state index is 9.13. The molecule has 0 bridgehead atoms. The Morgan fingerprint density at radius 2 is 1.62 bits per heavy atom. The number of hydrogen-bond acceptors (Lipinski definition) is 2. The molecule has 2 nitrogen and oxygen atoms in total. The minimum Gasteiger partial charge on any atom is -0.423 e. The van der Waals surface area contributed by atoms with Crippen molar-refractivity contribution in [2.24, 2.45) is 0 Å². The van der Waals surface area contributed by atoms with E-state index >= 15 is 0 Å². The molecule has 0 aromatic heterocycles. The summed E-state index contributed by atoms with van der Waals surface area (Å²) in [6.45, 7) is 0. The Bertz CT molecular complexity index is 549. The van der Waals surface area contributed by atoms with Gasteiger partial charge in [0, 0.05) is 0 Å². The van der Waals surface area contributed by atoms with Gasteiger partial charge in [0.05, 0.1) is 0 Å². The van der Waals surface area contributed by atoms with Gasteiger partial charge < -0.3 is 10.0 Å². The van der Waals surface area contributed by atoms with Crippen LogP contribution in [0.15, 0.2) is 42.5 Å². The van der Waals surface area contributed by atoms with Gasteiger partial charge in [-0.3, -0.25) is 0 Å². The second kappa shape index (κ2) is 3.47. The van der Waals surface area contributed by atoms with Crippen LogP contribution in [-0.2, 0) is 6.42 Å². The molecule has 0 unspecified atom stereocenters. The number of benzene rings is 2. The molecule has 0 heterocycles. The van der Waals surface area contributed by atoms with Crippen molar-refractivity contribution in [1.29, 1.82) is 0 Å². The zero-order valence-corrected chi connectivity index (χ0v) is 8.72. The zero-order valence-electron chi connectivity index (χ0n) is 8.72. The molecule has 0 radical (unpaired) electrons. The Morgan fingerprint density at radius 3 is 2.44 bits per heavy atom. The lowest BCUT2D eigenvalue weighted by atomic mass is 9.79. The van der Waals surface area contributed by atoms with Gasteiger partial charge >= 0.3 is 7.12 Å². The van der Waals surface area contributed by atoms with Crippen molar-refractivity contribution in [3.8, 4) is 11.1 Å². The van der Waals surface area contributed by atoms with Crippen molar-refractivity contribution in [3.63, 3.8) is 0 Å². The van der Waals surface area contributed by atoms with Gasteiger partial charge in [-0.15, -0.1) is 0 Å². The summed E-state index contributed by atoms with van der Waals surface area (Å²) in [5.41, 5.74) is 5.51. The van der Waals surface area contributed by atoms with Crippen LogP contribution in [0.4, 0.5) is 0 Å². The SMILES string of the molecule is OB(O)c1ccc2c(c1)Cc1ccccc1-2. The van der Waals surface area contributed by atoms with Gasteiger partial charge in [-0.1, -0.05) is 42.5 Å². The van der Waals surface area contributed by atoms with Crippen LogP contribution in [0.5, 0.6) is 0 Å². The monoisotopic (exact) mass is 210 g/mol. The molecule has 0 aliphatic heterocycles. The summed E-state index contributed by atoms with van der Waals surface area (Å²) < 4.78 is 0. The third kappa shape index (κ3) is 1.37. The fraction of sp³-hybridized carbons (Fsp3) is 0.0769. The Kier molecular flexibility index (Phi) is 2.09. The van der Waals surface area contributed by atoms with Crippen LogP contribution >= 0.6 is 0 Å². The van der Waals surface area contributed by atoms with Gasteiger partial charge in [0.15, 0.2) is 0 Å². The highest BCUT2D eigenvalue weighted by atomic mass is 16.4. The molecule has 2 N–H and O–H groups in total. The van der Waals surface area contributed by atoms with Crippen LogP contribution in [0.25, 0.3) is 11.1 Å². The molecular weight excluding hydrogens is 199 g/mol. The first-order chi connectivity index (χ1) is 7.75. The van der Waals surface area contributed by atoms with E-state index in [2.05, 4.69) is 12.1 Å². The van der Waals surface area contributed by atoms with Crippen molar-refractivity contribution in [3.05, 3.63) is 53.6 Å². The maximum atomic E-state index is 9.13. The lowest BCUT2D eigenvalue weighted by molar-refractivity contribution is 0.426. The number of rotatable bonds is 1. The van der Waals surface area contributed by atoms with Crippen molar-refractivity contribution in [1.82, 2.24) is 0 Å². The van der Waals surface area contributed by atoms with Gasteiger partial charge in [-0.25, -0.2) is 0 Å². The van der Waals surface area contributed by atoms with Crippen LogP contribution in [0.2, 0.25) is 0 Å². The topological polar surface area (TPSA) is 40.5 Å². The van der Waals surface area contributed by atoms with E-state index in [1.807, 2.05) is 24.3 Å². The van der Waals surface area contributed by atoms with E-state index in [4.69, 9.17) is 10.0 Å². The summed E-state index contributed by atoms with van der Waals surface area (Å²) in [5, 5.41) is 18.3. The highest BCUT2D eigenvalue weighted by Crippen LogP contribution is 2.35. The molecule has 0 saturated carbocycles. The Hall–Kier alpha value is -1.58. The van der Waals surface area contributed by atoms with Crippen molar-refractivity contribution in [2.75, 3.05) is 0 Å². The molecule has 2 aromatic carbocycles. The molecule has 0 fully saturated rings. The molecule has 3 heteroatoms. The van der Waals surface area contributed by atoms with Crippen molar-refractivity contribution < 1.29 is 10.0 Å². The Labute approximate surface area is 94.3 Å². The predicted octanol–water partition coefficient (Wildman–Crippen LogP) is 0.938. The molecule has 1 aliphatic carbocycles. The normalized spacial score (nSPS) is 12.1. The third-order valence-corrected chi connectivity index (χ3v) is 3.12. The van der Waals surface area contributed by atoms with Crippen LogP contribution in [0.3, 0.4) is 0 Å². The number of fused-ring (bicyclic) bond motifs is 3. The quantitative estimate of drug-likeness (QED) is 0.586. The fourth-order valence-corrected chi connectivity index (χ4v) is 2.33. The average Bonchev–Trinajstić information content (AvgIpc) is 2.66. The fourth-order valence-electron chi connectivity index (χ4n) is 2.33. The number of hydrogen-bond donors (Lipinski definition) is 2. The molecule has 78 valence electrons. The minimum atomic E-state index is -1.38. The minimum absolute atomic E-state index is 0.562. The van der Waals surface area contributed by atoms with E-state index in [1.54, 1.807) is 6.07 Å². The van der Waals surface area contributed by atoms with E-state index in [1.165, 1.54) is 22.3 Å². The molecule has 1 aliphatic rings. The summed E-state index contributed by atoms with van der Waals surface area (Å²) in [7, 11) is -1.38. The largest absolute Gasteiger partial charge is 0.488 e. The summed E-state index contributed by atoms with van der Waals surface area (Å²) in [5.74, 6) is 0. The smallest absolute Gasteiger partial charge is 0.423 e. The summed E-state index contributed by atoms with van der Waals surface area (Å²) in [6, 6.07) is 13.9. The molecule has 16 heavy (non-hydrogen) atoms. The van der Waals surface area contributed by atoms with Gasteiger partial charge in [-0.05, 0) is 34.1 Å². The maximum Gasteiger partial charge on any atom is 0.488 e. The van der Waals surface area contributed by atoms with Crippen LogP contribution in [0, 0.1) is 0 Å². The van der Waals surface area contributed by atoms with E-state index in [-0.39, 0.29) is 0 Å². The van der Waals surface area contributed by atoms with Crippen LogP contribution in [-0.4, -0.2) is 17.2 Å². The molecule has 0 spiro atoms. The zero-order chi connectivity index (χ0) is 11.1. The van der Waals surface area contributed by atoms with Gasteiger partial charge in [0.25, 0.3) is 0 Å². The molecule has 0 atom stereocenters. The van der Waals surface area contributed by atoms with E-state index < -0.39 is 7.12 Å². The van der Waals surface area contributed by atoms with Crippen LogP contribution in [0.1, 0.15) is 11.1 Å². The second-order valence-corrected chi connectivity index (χ2v) is 4.12. The lowest BCUT2D eigenvalue weighted by Crippen LogP contribution is -2.29. The molecule has 0 saturated heterocycles. The third-order valence-electron chi connectivity index (χ3n) is 3.12. The highest BCUT2D eigenvalue weighted by Gasteiger charge is 2.20. The van der Waals surface area contributed by atoms with E-state index in [0.29, 0.717) is 5.46 Å². The summed E-state index contributed by atoms with van der Waals surface area (Å²) in [4.78, 5) is 0. The van der Waals surface area contributed by atoms with E-state index in [9.17, 15) is 0 Å². The first kappa shape index (κ1) is 9.64. The summed E-state index contributed by atoms with van der Waals surface area (Å²) in [6.07, 6.45) is 0.881. The van der Waals surface area contributed by atoms with Gasteiger partial charge in [-0.2, -0.15) is 0 Å². The first-order valence-corrected chi connectivity index (χ1v) is 5.33. The molecule has 2 aromatic rings. The lowest BCUT2D eigenvalue weighted by Gasteiger charge is -2.03. The van der Waals surface area contributed by atoms with Gasteiger partial charge in [0.2, 0.25) is 0 Å². The Balaban J connectivity index is 2.14. The molecule has 0 amide bonds. The molecular formula is C13H11BO2. The van der Waals surface area contributed by atoms with Crippen molar-refractivity contribution in [2.45, 2.75) is 6.42 Å². The predicted molar refractivity (Wildman–Crippen MR) is 64.5 cm³/mol. The van der Waals surface area contributed by atoms with E-state index in [0.717, 1.165) is 6.42 Å². The molecule has 3 rings (SSSR count). The van der Waals surface area contributed by atoms with Gasteiger partial charge in [0.1, 0.15) is 0 Å². The first-order valence-electron chi connectivity index (χ1n) is 5.33. The van der Waals surface area contributed by atoms with Crippen LogP contribution < -0.4 is 5.46 Å². The highest BCUT2D eigenvalue weighted by molar-refractivity contribution is 6.58. The summed E-state index contributed by atoms with van der Waals surface area (Å²) >= 11 is 0. The van der Waals surface area contributed by atoms with Crippen molar-refractivity contribution >= 4 is 12.6 Å². The second-order valence-electron chi connectivity index (χ2n) is 4.12. The Morgan fingerprint density at radius 1 is 0.875 bits per heavy atom. The average molecular weight is 210 g/mol.